The van der Waals surface area contributed by atoms with E-state index in [1.165, 1.54) is 16.9 Å². The lowest BCUT2D eigenvalue weighted by Gasteiger charge is -2.21. The summed E-state index contributed by atoms with van der Waals surface area (Å²) in [5.41, 5.74) is 3.05. The molecule has 3 aromatic rings. The highest BCUT2D eigenvalue weighted by molar-refractivity contribution is 5.94. The van der Waals surface area contributed by atoms with Gasteiger partial charge in [0.05, 0.1) is 0 Å². The molecule has 1 aromatic carbocycles. The normalized spacial score (nSPS) is 11.4. The molecule has 0 saturated carbocycles. The number of hydrogen-bond acceptors (Lipinski definition) is 4. The van der Waals surface area contributed by atoms with Crippen LogP contribution < -0.4 is 0 Å². The van der Waals surface area contributed by atoms with Crippen LogP contribution in [-0.2, 0) is 6.42 Å². The Hall–Kier alpha value is -2.90. The molecule has 0 fully saturated rings. The van der Waals surface area contributed by atoms with Crippen LogP contribution in [0.5, 0.6) is 0 Å². The summed E-state index contributed by atoms with van der Waals surface area (Å²) < 4.78 is 27.6. The van der Waals surface area contributed by atoms with E-state index in [4.69, 9.17) is 0 Å². The van der Waals surface area contributed by atoms with Gasteiger partial charge in [-0.3, -0.25) is 4.79 Å². The van der Waals surface area contributed by atoms with Crippen LogP contribution >= 0.6 is 0 Å². The standard InChI is InChI=1S/C20H23F2N5O/c1-4-26(19(28)15-9-13(2)8-14(3)10-15)7-5-6-16-11-17(18(21)22)25-20-23-12-24-27(16)20/h8-12,18H,4-7H2,1-3H3. The third-order valence-electron chi connectivity index (χ3n) is 4.57. The lowest BCUT2D eigenvalue weighted by Crippen LogP contribution is -2.32. The van der Waals surface area contributed by atoms with E-state index in [0.29, 0.717) is 37.2 Å². The number of benzene rings is 1. The number of fused-ring (bicyclic) bond motifs is 1. The highest BCUT2D eigenvalue weighted by atomic mass is 19.3. The predicted octanol–water partition coefficient (Wildman–Crippen LogP) is 3.77. The van der Waals surface area contributed by atoms with E-state index < -0.39 is 6.43 Å². The third kappa shape index (κ3) is 4.32. The number of halogens is 2. The van der Waals surface area contributed by atoms with Gasteiger partial charge >= 0.3 is 0 Å². The van der Waals surface area contributed by atoms with Crippen molar-refractivity contribution >= 4 is 11.7 Å². The second-order valence-corrected chi connectivity index (χ2v) is 6.81. The minimum absolute atomic E-state index is 0.0248. The summed E-state index contributed by atoms with van der Waals surface area (Å²) in [5.74, 6) is 0.134. The first-order chi connectivity index (χ1) is 13.4. The van der Waals surface area contributed by atoms with Crippen LogP contribution in [0.15, 0.2) is 30.6 Å². The average molecular weight is 387 g/mol. The lowest BCUT2D eigenvalue weighted by molar-refractivity contribution is 0.0762. The van der Waals surface area contributed by atoms with Crippen molar-refractivity contribution in [3.63, 3.8) is 0 Å². The van der Waals surface area contributed by atoms with Crippen LogP contribution in [0.2, 0.25) is 0 Å². The van der Waals surface area contributed by atoms with Crippen molar-refractivity contribution in [2.24, 2.45) is 0 Å². The summed E-state index contributed by atoms with van der Waals surface area (Å²) in [4.78, 5) is 22.3. The maximum absolute atomic E-state index is 13.1. The summed E-state index contributed by atoms with van der Waals surface area (Å²) in [6, 6.07) is 7.15. The first kappa shape index (κ1) is 19.9. The van der Waals surface area contributed by atoms with Crippen LogP contribution in [-0.4, -0.2) is 43.5 Å². The Balaban J connectivity index is 1.71. The highest BCUT2D eigenvalue weighted by Gasteiger charge is 2.17. The molecule has 0 aliphatic rings. The number of rotatable bonds is 7. The molecule has 0 radical (unpaired) electrons. The van der Waals surface area contributed by atoms with Crippen LogP contribution in [0.4, 0.5) is 8.78 Å². The largest absolute Gasteiger partial charge is 0.339 e. The average Bonchev–Trinajstić information content (AvgIpc) is 3.12. The Bertz CT molecular complexity index is 966. The summed E-state index contributed by atoms with van der Waals surface area (Å²) in [6.45, 7) is 6.95. The number of aryl methyl sites for hydroxylation is 3. The van der Waals surface area contributed by atoms with Gasteiger partial charge in [-0.2, -0.15) is 10.1 Å². The van der Waals surface area contributed by atoms with Gasteiger partial charge in [0.1, 0.15) is 12.0 Å². The van der Waals surface area contributed by atoms with Gasteiger partial charge < -0.3 is 4.90 Å². The zero-order chi connectivity index (χ0) is 20.3. The van der Waals surface area contributed by atoms with Crippen molar-refractivity contribution in [3.8, 4) is 0 Å². The van der Waals surface area contributed by atoms with Gasteiger partial charge in [-0.25, -0.2) is 18.3 Å². The Kier molecular flexibility index (Phi) is 5.96. The Morgan fingerprint density at radius 2 is 1.89 bits per heavy atom. The monoisotopic (exact) mass is 387 g/mol. The number of hydrogen-bond donors (Lipinski definition) is 0. The van der Waals surface area contributed by atoms with E-state index in [9.17, 15) is 13.6 Å². The number of aromatic nitrogens is 4. The molecular weight excluding hydrogens is 364 g/mol. The highest BCUT2D eigenvalue weighted by Crippen LogP contribution is 2.19. The lowest BCUT2D eigenvalue weighted by atomic mass is 10.1. The van der Waals surface area contributed by atoms with E-state index >= 15 is 0 Å². The summed E-state index contributed by atoms with van der Waals surface area (Å²) in [5, 5.41) is 4.06. The van der Waals surface area contributed by atoms with Crippen molar-refractivity contribution in [3.05, 3.63) is 58.7 Å². The molecule has 8 heteroatoms. The maximum Gasteiger partial charge on any atom is 0.280 e. The summed E-state index contributed by atoms with van der Waals surface area (Å²) in [6.07, 6.45) is -0.271. The smallest absolute Gasteiger partial charge is 0.280 e. The number of carbonyl (C=O) groups excluding carboxylic acids is 1. The molecule has 1 amide bonds. The van der Waals surface area contributed by atoms with Crippen molar-refractivity contribution < 1.29 is 13.6 Å². The van der Waals surface area contributed by atoms with Gasteiger partial charge in [0.25, 0.3) is 18.1 Å². The van der Waals surface area contributed by atoms with Crippen LogP contribution in [0.3, 0.4) is 0 Å². The fourth-order valence-corrected chi connectivity index (χ4v) is 3.32. The fraction of sp³-hybridized carbons (Fsp3) is 0.400. The fourth-order valence-electron chi connectivity index (χ4n) is 3.32. The van der Waals surface area contributed by atoms with E-state index in [1.54, 1.807) is 4.90 Å². The molecule has 2 aromatic heterocycles. The topological polar surface area (TPSA) is 63.4 Å². The molecular formula is C20H23F2N5O. The van der Waals surface area contributed by atoms with Crippen molar-refractivity contribution in [1.29, 1.82) is 0 Å². The number of nitrogens with zero attached hydrogens (tertiary/aromatic N) is 5. The minimum atomic E-state index is -2.67. The van der Waals surface area contributed by atoms with Gasteiger partial charge in [-0.1, -0.05) is 17.2 Å². The number of alkyl halides is 2. The molecule has 0 aliphatic heterocycles. The first-order valence-electron chi connectivity index (χ1n) is 9.24. The Labute approximate surface area is 162 Å². The predicted molar refractivity (Wildman–Crippen MR) is 102 cm³/mol. The van der Waals surface area contributed by atoms with E-state index in [0.717, 1.165) is 11.1 Å². The van der Waals surface area contributed by atoms with E-state index in [-0.39, 0.29) is 17.4 Å². The second-order valence-electron chi connectivity index (χ2n) is 6.81. The molecule has 0 atom stereocenters. The maximum atomic E-state index is 13.1. The van der Waals surface area contributed by atoms with Crippen LogP contribution in [0, 0.1) is 13.8 Å². The van der Waals surface area contributed by atoms with E-state index in [2.05, 4.69) is 15.1 Å². The Morgan fingerprint density at radius 3 is 2.54 bits per heavy atom. The van der Waals surface area contributed by atoms with E-state index in [1.807, 2.05) is 39.0 Å². The number of amides is 1. The quantitative estimate of drug-likeness (QED) is 0.619. The van der Waals surface area contributed by atoms with Gasteiger partial charge in [0.15, 0.2) is 0 Å². The molecule has 0 saturated heterocycles. The molecule has 0 unspecified atom stereocenters. The van der Waals surface area contributed by atoms with Gasteiger partial charge in [0, 0.05) is 24.3 Å². The third-order valence-corrected chi connectivity index (χ3v) is 4.57. The SMILES string of the molecule is CCN(CCCc1cc(C(F)F)nc2ncnn12)C(=O)c1cc(C)cc(C)c1. The molecule has 6 nitrogen and oxygen atoms in total. The van der Waals surface area contributed by atoms with Crippen LogP contribution in [0.25, 0.3) is 5.78 Å². The molecule has 3 rings (SSSR count). The summed E-state index contributed by atoms with van der Waals surface area (Å²) in [7, 11) is 0. The zero-order valence-electron chi connectivity index (χ0n) is 16.2. The number of carbonyl (C=O) groups is 1. The molecule has 0 aliphatic carbocycles. The van der Waals surface area contributed by atoms with Crippen molar-refractivity contribution in [2.75, 3.05) is 13.1 Å². The summed E-state index contributed by atoms with van der Waals surface area (Å²) >= 11 is 0. The van der Waals surface area contributed by atoms with Crippen molar-refractivity contribution in [2.45, 2.75) is 40.0 Å². The molecule has 148 valence electrons. The zero-order valence-corrected chi connectivity index (χ0v) is 16.2. The van der Waals surface area contributed by atoms with Gasteiger partial charge in [-0.05, 0) is 51.8 Å². The second kappa shape index (κ2) is 8.41. The first-order valence-corrected chi connectivity index (χ1v) is 9.24. The Morgan fingerprint density at radius 1 is 1.18 bits per heavy atom. The molecule has 0 bridgehead atoms. The van der Waals surface area contributed by atoms with Crippen LogP contribution in [0.1, 0.15) is 52.6 Å². The minimum Gasteiger partial charge on any atom is -0.339 e. The molecule has 0 spiro atoms. The van der Waals surface area contributed by atoms with Gasteiger partial charge in [0.2, 0.25) is 0 Å². The van der Waals surface area contributed by atoms with Gasteiger partial charge in [-0.15, -0.1) is 0 Å². The van der Waals surface area contributed by atoms with Crippen molar-refractivity contribution in [1.82, 2.24) is 24.5 Å². The molecule has 0 N–H and O–H groups in total. The molecule has 2 heterocycles. The molecule has 28 heavy (non-hydrogen) atoms.